The van der Waals surface area contributed by atoms with E-state index in [1.54, 1.807) is 0 Å². The second-order valence-electron chi connectivity index (χ2n) is 13.7. The van der Waals surface area contributed by atoms with Crippen molar-refractivity contribution in [2.75, 3.05) is 13.2 Å². The summed E-state index contributed by atoms with van der Waals surface area (Å²) in [6.07, 6.45) is 53.9. The molecule has 0 saturated heterocycles. The number of hydrogen-bond acceptors (Lipinski definition) is 6. The van der Waals surface area contributed by atoms with E-state index in [9.17, 15) is 14.4 Å². The zero-order valence-electron chi connectivity index (χ0n) is 34.4. The van der Waals surface area contributed by atoms with Gasteiger partial charge in [0.25, 0.3) is 0 Å². The Morgan fingerprint density at radius 1 is 0.389 bits per heavy atom. The topological polar surface area (TPSA) is 78.9 Å². The normalized spacial score (nSPS) is 13.0. The van der Waals surface area contributed by atoms with Crippen LogP contribution < -0.4 is 0 Å². The smallest absolute Gasteiger partial charge is 0.306 e. The van der Waals surface area contributed by atoms with Gasteiger partial charge in [0.15, 0.2) is 6.10 Å². The molecule has 0 aliphatic rings. The highest BCUT2D eigenvalue weighted by atomic mass is 16.6. The molecule has 0 rings (SSSR count). The summed E-state index contributed by atoms with van der Waals surface area (Å²) in [5.74, 6) is -1.01. The Balaban J connectivity index is 4.54. The molecule has 0 saturated carbocycles. The fourth-order valence-electron chi connectivity index (χ4n) is 5.18. The van der Waals surface area contributed by atoms with Crippen molar-refractivity contribution in [2.45, 2.75) is 175 Å². The van der Waals surface area contributed by atoms with Crippen LogP contribution in [0.1, 0.15) is 168 Å². The average Bonchev–Trinajstić information content (AvgIpc) is 3.17. The maximum absolute atomic E-state index is 12.7. The van der Waals surface area contributed by atoms with E-state index in [1.807, 2.05) is 48.6 Å². The van der Waals surface area contributed by atoms with Crippen LogP contribution in [0.2, 0.25) is 0 Å². The molecule has 0 aliphatic heterocycles. The van der Waals surface area contributed by atoms with E-state index in [1.165, 1.54) is 25.7 Å². The summed E-state index contributed by atoms with van der Waals surface area (Å²) < 4.78 is 16.6. The van der Waals surface area contributed by atoms with Crippen LogP contribution in [-0.4, -0.2) is 37.2 Å². The first-order valence-corrected chi connectivity index (χ1v) is 21.3. The highest BCUT2D eigenvalue weighted by molar-refractivity contribution is 5.71. The molecule has 0 radical (unpaired) electrons. The SMILES string of the molecule is CC\C=C/C=C\C=C/C=C\C=C/CCCCCC(=O)OCC(COC(=O)CCCCCC/C=C\CCCC)OC(=O)CCCCC/C=C\C=C/CCCC. The molecule has 0 heterocycles. The second-order valence-corrected chi connectivity index (χ2v) is 13.7. The molecule has 1 unspecified atom stereocenters. The predicted molar refractivity (Wildman–Crippen MR) is 228 cm³/mol. The molecule has 0 N–H and O–H groups in total. The van der Waals surface area contributed by atoms with E-state index >= 15 is 0 Å². The quantitative estimate of drug-likeness (QED) is 0.0209. The zero-order chi connectivity index (χ0) is 39.4. The monoisotopic (exact) mass is 749 g/mol. The van der Waals surface area contributed by atoms with Gasteiger partial charge < -0.3 is 14.2 Å². The molecule has 304 valence electrons. The largest absolute Gasteiger partial charge is 0.462 e. The molecular weight excluding hydrogens is 673 g/mol. The van der Waals surface area contributed by atoms with Crippen LogP contribution in [0.15, 0.2) is 97.2 Å². The Labute approximate surface area is 330 Å². The van der Waals surface area contributed by atoms with Crippen LogP contribution in [-0.2, 0) is 28.6 Å². The molecule has 1 atom stereocenters. The lowest BCUT2D eigenvalue weighted by Gasteiger charge is -2.18. The van der Waals surface area contributed by atoms with Crippen LogP contribution in [0.25, 0.3) is 0 Å². The Morgan fingerprint density at radius 3 is 1.22 bits per heavy atom. The molecule has 0 amide bonds. The van der Waals surface area contributed by atoms with E-state index in [2.05, 4.69) is 69.4 Å². The van der Waals surface area contributed by atoms with Crippen LogP contribution in [0.4, 0.5) is 0 Å². The van der Waals surface area contributed by atoms with Gasteiger partial charge in [0.05, 0.1) is 0 Å². The first-order chi connectivity index (χ1) is 26.5. The predicted octanol–water partition coefficient (Wildman–Crippen LogP) is 13.5. The summed E-state index contributed by atoms with van der Waals surface area (Å²) in [5, 5.41) is 0. The van der Waals surface area contributed by atoms with E-state index in [0.29, 0.717) is 12.8 Å². The maximum Gasteiger partial charge on any atom is 0.306 e. The molecule has 0 aliphatic carbocycles. The van der Waals surface area contributed by atoms with Gasteiger partial charge in [0, 0.05) is 19.3 Å². The molecule has 0 spiro atoms. The molecule has 6 heteroatoms. The number of allylic oxidation sites excluding steroid dienone is 16. The highest BCUT2D eigenvalue weighted by Crippen LogP contribution is 2.11. The molecule has 0 aromatic rings. The van der Waals surface area contributed by atoms with E-state index in [0.717, 1.165) is 103 Å². The Kier molecular flexibility index (Phi) is 39.2. The Hall–Kier alpha value is -3.67. The van der Waals surface area contributed by atoms with Crippen molar-refractivity contribution in [2.24, 2.45) is 0 Å². The van der Waals surface area contributed by atoms with Crippen molar-refractivity contribution < 1.29 is 28.6 Å². The molecule has 0 bridgehead atoms. The number of esters is 3. The number of carbonyl (C=O) groups is 3. The number of hydrogen-bond donors (Lipinski definition) is 0. The third-order valence-corrected chi connectivity index (χ3v) is 8.45. The first-order valence-electron chi connectivity index (χ1n) is 21.3. The second kappa shape index (κ2) is 42.1. The maximum atomic E-state index is 12.7. The van der Waals surface area contributed by atoms with Gasteiger partial charge in [-0.2, -0.15) is 0 Å². The highest BCUT2D eigenvalue weighted by Gasteiger charge is 2.19. The summed E-state index contributed by atoms with van der Waals surface area (Å²) in [6.45, 7) is 6.28. The first kappa shape index (κ1) is 50.3. The van der Waals surface area contributed by atoms with Gasteiger partial charge in [-0.1, -0.05) is 169 Å². The van der Waals surface area contributed by atoms with Crippen LogP contribution >= 0.6 is 0 Å². The van der Waals surface area contributed by atoms with Crippen LogP contribution in [0.5, 0.6) is 0 Å². The van der Waals surface area contributed by atoms with Crippen molar-refractivity contribution in [1.82, 2.24) is 0 Å². The van der Waals surface area contributed by atoms with Gasteiger partial charge in [0.1, 0.15) is 13.2 Å². The number of unbranched alkanes of at least 4 members (excludes halogenated alkanes) is 14. The summed E-state index contributed by atoms with van der Waals surface area (Å²) in [6, 6.07) is 0. The molecule has 0 aromatic heterocycles. The average molecular weight is 749 g/mol. The van der Waals surface area contributed by atoms with Gasteiger partial charge in [-0.15, -0.1) is 0 Å². The fourth-order valence-corrected chi connectivity index (χ4v) is 5.18. The lowest BCUT2D eigenvalue weighted by Crippen LogP contribution is -2.30. The molecular formula is C48H76O6. The summed E-state index contributed by atoms with van der Waals surface area (Å²) in [7, 11) is 0. The number of rotatable bonds is 36. The molecule has 0 fully saturated rings. The van der Waals surface area contributed by atoms with Crippen LogP contribution in [0, 0.1) is 0 Å². The molecule has 54 heavy (non-hydrogen) atoms. The van der Waals surface area contributed by atoms with Gasteiger partial charge in [-0.25, -0.2) is 0 Å². The zero-order valence-corrected chi connectivity index (χ0v) is 34.4. The van der Waals surface area contributed by atoms with Crippen molar-refractivity contribution in [3.63, 3.8) is 0 Å². The van der Waals surface area contributed by atoms with Crippen molar-refractivity contribution in [1.29, 1.82) is 0 Å². The summed E-state index contributed by atoms with van der Waals surface area (Å²) in [5.41, 5.74) is 0. The fraction of sp³-hybridized carbons (Fsp3) is 0.604. The standard InChI is InChI=1S/C48H76O6/c1-4-7-10-13-16-19-22-23-24-25-27-29-32-35-38-41-47(50)53-44-45(43-52-46(49)40-37-34-31-28-21-18-15-12-9-6-3)54-48(51)42-39-36-33-30-26-20-17-14-11-8-5-2/h7,10,13-20,22-27,45H,4-6,8-9,11-12,21,28-44H2,1-3H3/b10-7-,16-13-,17-14-,18-15-,22-19-,24-23-,26-20-,27-25-. The van der Waals surface area contributed by atoms with E-state index < -0.39 is 6.10 Å². The van der Waals surface area contributed by atoms with Gasteiger partial charge in [-0.3, -0.25) is 14.4 Å². The van der Waals surface area contributed by atoms with E-state index in [-0.39, 0.29) is 37.5 Å². The summed E-state index contributed by atoms with van der Waals surface area (Å²) in [4.78, 5) is 37.6. The third kappa shape index (κ3) is 39.5. The molecule has 6 nitrogen and oxygen atoms in total. The number of ether oxygens (including phenoxy) is 3. The third-order valence-electron chi connectivity index (χ3n) is 8.45. The lowest BCUT2D eigenvalue weighted by atomic mass is 10.1. The van der Waals surface area contributed by atoms with Gasteiger partial charge in [0.2, 0.25) is 0 Å². The summed E-state index contributed by atoms with van der Waals surface area (Å²) >= 11 is 0. The molecule has 0 aromatic carbocycles. The van der Waals surface area contributed by atoms with Gasteiger partial charge >= 0.3 is 17.9 Å². The van der Waals surface area contributed by atoms with Crippen molar-refractivity contribution >= 4 is 17.9 Å². The minimum atomic E-state index is -0.811. The number of carbonyl (C=O) groups excluding carboxylic acids is 3. The van der Waals surface area contributed by atoms with Crippen LogP contribution in [0.3, 0.4) is 0 Å². The Morgan fingerprint density at radius 2 is 0.741 bits per heavy atom. The van der Waals surface area contributed by atoms with Crippen molar-refractivity contribution in [3.05, 3.63) is 97.2 Å². The lowest BCUT2D eigenvalue weighted by molar-refractivity contribution is -0.167. The van der Waals surface area contributed by atoms with E-state index in [4.69, 9.17) is 14.2 Å². The minimum Gasteiger partial charge on any atom is -0.462 e. The van der Waals surface area contributed by atoms with Gasteiger partial charge in [-0.05, 0) is 77.0 Å². The van der Waals surface area contributed by atoms with Crippen molar-refractivity contribution in [3.8, 4) is 0 Å². The minimum absolute atomic E-state index is 0.111. The Bertz CT molecular complexity index is 1140.